The lowest BCUT2D eigenvalue weighted by molar-refractivity contribution is 0.245. The highest BCUT2D eigenvalue weighted by Crippen LogP contribution is 2.16. The second-order valence-corrected chi connectivity index (χ2v) is 5.02. The van der Waals surface area contributed by atoms with E-state index in [4.69, 9.17) is 0 Å². The van der Waals surface area contributed by atoms with Crippen LogP contribution in [-0.4, -0.2) is 37.1 Å². The van der Waals surface area contributed by atoms with Gasteiger partial charge in [0.05, 0.1) is 0 Å². The van der Waals surface area contributed by atoms with Gasteiger partial charge in [-0.25, -0.2) is 0 Å². The number of likely N-dealkylation sites (tertiary alicyclic amines) is 1. The van der Waals surface area contributed by atoms with Gasteiger partial charge in [-0.2, -0.15) is 0 Å². The van der Waals surface area contributed by atoms with E-state index in [2.05, 4.69) is 37.9 Å². The Labute approximate surface area is 89.1 Å². The van der Waals surface area contributed by atoms with Gasteiger partial charge in [-0.1, -0.05) is 27.7 Å². The molecule has 1 aliphatic rings. The number of rotatable bonds is 5. The molecular formula is C12H26N2. The number of nitrogens with one attached hydrogen (secondary N) is 1. The van der Waals surface area contributed by atoms with E-state index in [0.717, 1.165) is 24.4 Å². The van der Waals surface area contributed by atoms with E-state index >= 15 is 0 Å². The summed E-state index contributed by atoms with van der Waals surface area (Å²) in [5.41, 5.74) is 0. The Hall–Kier alpha value is -0.0800. The second-order valence-electron chi connectivity index (χ2n) is 5.02. The summed E-state index contributed by atoms with van der Waals surface area (Å²) >= 11 is 0. The molecule has 2 atom stereocenters. The van der Waals surface area contributed by atoms with Crippen LogP contribution >= 0.6 is 0 Å². The molecule has 2 unspecified atom stereocenters. The third-order valence-electron chi connectivity index (χ3n) is 3.45. The zero-order valence-electron chi connectivity index (χ0n) is 10.2. The lowest BCUT2D eigenvalue weighted by atomic mass is 9.98. The average molecular weight is 198 g/mol. The molecule has 0 aromatic carbocycles. The van der Waals surface area contributed by atoms with Crippen LogP contribution in [0.5, 0.6) is 0 Å². The summed E-state index contributed by atoms with van der Waals surface area (Å²) in [5.74, 6) is 1.64. The van der Waals surface area contributed by atoms with Crippen LogP contribution in [0.15, 0.2) is 0 Å². The lowest BCUT2D eigenvalue weighted by Gasteiger charge is -2.23. The molecule has 1 heterocycles. The van der Waals surface area contributed by atoms with Gasteiger partial charge in [0.2, 0.25) is 0 Å². The second kappa shape index (κ2) is 5.72. The summed E-state index contributed by atoms with van der Waals surface area (Å²) in [7, 11) is 0. The van der Waals surface area contributed by atoms with Crippen LogP contribution < -0.4 is 5.32 Å². The van der Waals surface area contributed by atoms with Crippen molar-refractivity contribution in [3.8, 4) is 0 Å². The largest absolute Gasteiger partial charge is 0.313 e. The summed E-state index contributed by atoms with van der Waals surface area (Å²) in [4.78, 5) is 2.61. The first-order valence-electron chi connectivity index (χ1n) is 6.09. The van der Waals surface area contributed by atoms with Gasteiger partial charge in [0.1, 0.15) is 0 Å². The topological polar surface area (TPSA) is 15.3 Å². The van der Waals surface area contributed by atoms with E-state index in [9.17, 15) is 0 Å². The average Bonchev–Trinajstić information content (AvgIpc) is 2.53. The van der Waals surface area contributed by atoms with Crippen LogP contribution in [0, 0.1) is 11.8 Å². The molecule has 1 fully saturated rings. The number of hydrogen-bond donors (Lipinski definition) is 1. The molecule has 0 bridgehead atoms. The zero-order valence-corrected chi connectivity index (χ0v) is 10.2. The van der Waals surface area contributed by atoms with Crippen LogP contribution in [0.4, 0.5) is 0 Å². The Morgan fingerprint density at radius 3 is 2.64 bits per heavy atom. The first kappa shape index (κ1) is 12.0. The highest BCUT2D eigenvalue weighted by molar-refractivity contribution is 4.81. The number of nitrogens with zero attached hydrogens (tertiary/aromatic N) is 1. The molecule has 1 N–H and O–H groups in total. The van der Waals surface area contributed by atoms with E-state index in [1.54, 1.807) is 0 Å². The fraction of sp³-hybridized carbons (Fsp3) is 1.00. The molecule has 0 amide bonds. The minimum absolute atomic E-state index is 0.749. The van der Waals surface area contributed by atoms with Gasteiger partial charge in [0.25, 0.3) is 0 Å². The monoisotopic (exact) mass is 198 g/mol. The van der Waals surface area contributed by atoms with Crippen molar-refractivity contribution in [2.24, 2.45) is 11.8 Å². The van der Waals surface area contributed by atoms with Gasteiger partial charge in [-0.3, -0.25) is 0 Å². The van der Waals surface area contributed by atoms with Crippen molar-refractivity contribution in [3.63, 3.8) is 0 Å². The van der Waals surface area contributed by atoms with Crippen molar-refractivity contribution in [1.82, 2.24) is 10.2 Å². The molecule has 0 radical (unpaired) electrons. The van der Waals surface area contributed by atoms with E-state index in [1.807, 2.05) is 0 Å². The maximum absolute atomic E-state index is 3.54. The van der Waals surface area contributed by atoms with Crippen molar-refractivity contribution in [3.05, 3.63) is 0 Å². The fourth-order valence-electron chi connectivity index (χ4n) is 2.07. The SMILES string of the molecule is CCNC1CCN(CC(C)C(C)C)C1. The minimum Gasteiger partial charge on any atom is -0.313 e. The third-order valence-corrected chi connectivity index (χ3v) is 3.45. The van der Waals surface area contributed by atoms with Crippen LogP contribution in [0.3, 0.4) is 0 Å². The molecule has 0 aromatic heterocycles. The van der Waals surface area contributed by atoms with Crippen molar-refractivity contribution in [2.45, 2.75) is 40.2 Å². The maximum atomic E-state index is 3.54. The molecule has 0 spiro atoms. The highest BCUT2D eigenvalue weighted by Gasteiger charge is 2.23. The predicted octanol–water partition coefficient (Wildman–Crippen LogP) is 1.96. The summed E-state index contributed by atoms with van der Waals surface area (Å²) < 4.78 is 0. The van der Waals surface area contributed by atoms with Gasteiger partial charge >= 0.3 is 0 Å². The smallest absolute Gasteiger partial charge is 0.0207 e. The van der Waals surface area contributed by atoms with Crippen molar-refractivity contribution < 1.29 is 0 Å². The molecule has 14 heavy (non-hydrogen) atoms. The van der Waals surface area contributed by atoms with Crippen LogP contribution in [0.1, 0.15) is 34.1 Å². The first-order chi connectivity index (χ1) is 6.63. The normalized spacial score (nSPS) is 25.9. The Kier molecular flexibility index (Phi) is 4.90. The molecule has 0 aromatic rings. The van der Waals surface area contributed by atoms with Crippen LogP contribution in [0.25, 0.3) is 0 Å². The van der Waals surface area contributed by atoms with E-state index in [-0.39, 0.29) is 0 Å². The Bertz CT molecular complexity index is 156. The summed E-state index contributed by atoms with van der Waals surface area (Å²) in [6.45, 7) is 14.1. The van der Waals surface area contributed by atoms with Gasteiger partial charge in [0, 0.05) is 19.1 Å². The van der Waals surface area contributed by atoms with Gasteiger partial charge in [0.15, 0.2) is 0 Å². The van der Waals surface area contributed by atoms with Gasteiger partial charge < -0.3 is 10.2 Å². The first-order valence-corrected chi connectivity index (χ1v) is 6.09. The zero-order chi connectivity index (χ0) is 10.6. The molecule has 2 heteroatoms. The maximum Gasteiger partial charge on any atom is 0.0207 e. The highest BCUT2D eigenvalue weighted by atomic mass is 15.2. The predicted molar refractivity (Wildman–Crippen MR) is 62.5 cm³/mol. The lowest BCUT2D eigenvalue weighted by Crippen LogP contribution is -2.34. The third kappa shape index (κ3) is 3.58. The van der Waals surface area contributed by atoms with Crippen molar-refractivity contribution in [2.75, 3.05) is 26.2 Å². The molecule has 0 aliphatic carbocycles. The Balaban J connectivity index is 2.21. The van der Waals surface area contributed by atoms with Crippen LogP contribution in [-0.2, 0) is 0 Å². The van der Waals surface area contributed by atoms with Crippen molar-refractivity contribution in [1.29, 1.82) is 0 Å². The standard InChI is InChI=1S/C12H26N2/c1-5-13-12-6-7-14(9-12)8-11(4)10(2)3/h10-13H,5-9H2,1-4H3. The molecule has 1 saturated heterocycles. The molecule has 84 valence electrons. The summed E-state index contributed by atoms with van der Waals surface area (Å²) in [6.07, 6.45) is 1.33. The van der Waals surface area contributed by atoms with Crippen LogP contribution in [0.2, 0.25) is 0 Å². The van der Waals surface area contributed by atoms with E-state index < -0.39 is 0 Å². The molecule has 0 saturated carbocycles. The molecule has 1 aliphatic heterocycles. The summed E-state index contributed by atoms with van der Waals surface area (Å²) in [5, 5.41) is 3.54. The fourth-order valence-corrected chi connectivity index (χ4v) is 2.07. The molecule has 2 nitrogen and oxygen atoms in total. The minimum atomic E-state index is 0.749. The Morgan fingerprint density at radius 1 is 1.36 bits per heavy atom. The van der Waals surface area contributed by atoms with Gasteiger partial charge in [-0.05, 0) is 31.3 Å². The van der Waals surface area contributed by atoms with E-state index in [0.29, 0.717) is 0 Å². The Morgan fingerprint density at radius 2 is 2.07 bits per heavy atom. The number of hydrogen-bond acceptors (Lipinski definition) is 2. The van der Waals surface area contributed by atoms with E-state index in [1.165, 1.54) is 26.1 Å². The van der Waals surface area contributed by atoms with Crippen molar-refractivity contribution >= 4 is 0 Å². The molecular weight excluding hydrogens is 172 g/mol. The molecule has 1 rings (SSSR count). The van der Waals surface area contributed by atoms with Gasteiger partial charge in [-0.15, -0.1) is 0 Å². The number of likely N-dealkylation sites (N-methyl/N-ethyl adjacent to an activating group) is 1. The quantitative estimate of drug-likeness (QED) is 0.726. The summed E-state index contributed by atoms with van der Waals surface area (Å²) in [6, 6.07) is 0.749.